The first-order chi connectivity index (χ1) is 13.8. The Morgan fingerprint density at radius 1 is 0.931 bits per heavy atom. The van der Waals surface area contributed by atoms with E-state index in [0.717, 1.165) is 30.4 Å². The van der Waals surface area contributed by atoms with Gasteiger partial charge in [-0.3, -0.25) is 0 Å². The molecule has 1 unspecified atom stereocenters. The number of piperidine rings is 3. The number of halogens is 1. The number of hydrogen-bond donors (Lipinski definition) is 0. The van der Waals surface area contributed by atoms with Crippen molar-refractivity contribution in [3.05, 3.63) is 59.7 Å². The maximum Gasteiger partial charge on any atom is 0.127 e. The van der Waals surface area contributed by atoms with Crippen LogP contribution in [0.2, 0.25) is 0 Å². The molecule has 1 atom stereocenters. The Balaban J connectivity index is 0.00000240. The molecule has 3 saturated heterocycles. The monoisotopic (exact) mass is 415 g/mol. The maximum absolute atomic E-state index is 6.19. The number of fused-ring (bicyclic) bond motifs is 3. The SMILES string of the molecule is Cc1cccc(Oc2ccc(CCCCCOC3CN4CCC3CC4)cc2)c1.Cl. The Morgan fingerprint density at radius 2 is 1.72 bits per heavy atom. The standard InChI is InChI=1S/C25H33NO2.ClH/c1-20-6-5-8-24(18-20)28-23-11-9-21(10-12-23)7-3-2-4-17-27-25-19-26-15-13-22(25)14-16-26;/h5-6,8-12,18,22,25H,2-4,7,13-17,19H2,1H3;1H. The first-order valence-electron chi connectivity index (χ1n) is 10.9. The molecule has 3 aliphatic rings. The molecule has 4 heteroatoms. The van der Waals surface area contributed by atoms with Crippen LogP contribution >= 0.6 is 12.4 Å². The fraction of sp³-hybridized carbons (Fsp3) is 0.520. The van der Waals surface area contributed by atoms with Crippen LogP contribution < -0.4 is 4.74 Å². The van der Waals surface area contributed by atoms with Crippen LogP contribution in [0, 0.1) is 12.8 Å². The van der Waals surface area contributed by atoms with Crippen LogP contribution in [0.4, 0.5) is 0 Å². The summed E-state index contributed by atoms with van der Waals surface area (Å²) >= 11 is 0. The second-order valence-electron chi connectivity index (χ2n) is 8.42. The lowest BCUT2D eigenvalue weighted by atomic mass is 9.86. The zero-order valence-electron chi connectivity index (χ0n) is 17.5. The molecule has 0 aromatic heterocycles. The van der Waals surface area contributed by atoms with Crippen LogP contribution in [0.15, 0.2) is 48.5 Å². The van der Waals surface area contributed by atoms with E-state index in [1.54, 1.807) is 0 Å². The molecule has 0 aliphatic carbocycles. The molecular formula is C25H34ClNO2. The van der Waals surface area contributed by atoms with E-state index in [1.807, 2.05) is 12.1 Å². The predicted molar refractivity (Wildman–Crippen MR) is 121 cm³/mol. The summed E-state index contributed by atoms with van der Waals surface area (Å²) in [6, 6.07) is 16.7. The molecule has 3 nitrogen and oxygen atoms in total. The van der Waals surface area contributed by atoms with Crippen LogP contribution in [-0.2, 0) is 11.2 Å². The molecule has 3 fully saturated rings. The zero-order chi connectivity index (χ0) is 19.2. The minimum atomic E-state index is 0. The Hall–Kier alpha value is -1.55. The Morgan fingerprint density at radius 3 is 2.41 bits per heavy atom. The maximum atomic E-state index is 6.19. The van der Waals surface area contributed by atoms with Crippen molar-refractivity contribution in [1.82, 2.24) is 4.90 Å². The van der Waals surface area contributed by atoms with E-state index in [9.17, 15) is 0 Å². The molecular weight excluding hydrogens is 382 g/mol. The van der Waals surface area contributed by atoms with Gasteiger partial charge in [0, 0.05) is 13.2 Å². The molecule has 5 rings (SSSR count). The smallest absolute Gasteiger partial charge is 0.127 e. The summed E-state index contributed by atoms with van der Waals surface area (Å²) in [7, 11) is 0. The molecule has 3 aliphatic heterocycles. The van der Waals surface area contributed by atoms with Crippen molar-refractivity contribution >= 4 is 12.4 Å². The molecule has 0 spiro atoms. The van der Waals surface area contributed by atoms with E-state index in [2.05, 4.69) is 48.2 Å². The van der Waals surface area contributed by atoms with Crippen LogP contribution in [0.25, 0.3) is 0 Å². The first-order valence-corrected chi connectivity index (χ1v) is 10.9. The molecule has 2 aromatic carbocycles. The zero-order valence-corrected chi connectivity index (χ0v) is 18.3. The molecule has 2 bridgehead atoms. The minimum Gasteiger partial charge on any atom is -0.457 e. The van der Waals surface area contributed by atoms with Gasteiger partial charge in [-0.1, -0.05) is 30.7 Å². The summed E-state index contributed by atoms with van der Waals surface area (Å²) in [6.07, 6.45) is 7.96. The highest BCUT2D eigenvalue weighted by Crippen LogP contribution is 2.29. The molecule has 0 N–H and O–H groups in total. The minimum absolute atomic E-state index is 0. The first kappa shape index (κ1) is 22.1. The Labute approximate surface area is 181 Å². The number of hydrogen-bond acceptors (Lipinski definition) is 3. The summed E-state index contributed by atoms with van der Waals surface area (Å²) < 4.78 is 12.1. The number of benzene rings is 2. The van der Waals surface area contributed by atoms with Gasteiger partial charge in [-0.2, -0.15) is 0 Å². The van der Waals surface area contributed by atoms with Gasteiger partial charge in [-0.15, -0.1) is 12.4 Å². The highest BCUT2D eigenvalue weighted by atomic mass is 35.5. The van der Waals surface area contributed by atoms with Crippen LogP contribution in [0.1, 0.15) is 43.2 Å². The lowest BCUT2D eigenvalue weighted by Gasteiger charge is -2.44. The Bertz CT molecular complexity index is 741. The number of aryl methyl sites for hydroxylation is 2. The highest BCUT2D eigenvalue weighted by molar-refractivity contribution is 5.85. The van der Waals surface area contributed by atoms with Gasteiger partial charge in [0.2, 0.25) is 0 Å². The summed E-state index contributed by atoms with van der Waals surface area (Å²) in [6.45, 7) is 6.76. The number of ether oxygens (including phenoxy) is 2. The van der Waals surface area contributed by atoms with Gasteiger partial charge in [-0.05, 0) is 93.4 Å². The van der Waals surface area contributed by atoms with E-state index in [4.69, 9.17) is 9.47 Å². The van der Waals surface area contributed by atoms with E-state index in [1.165, 1.54) is 62.9 Å². The highest BCUT2D eigenvalue weighted by Gasteiger charge is 2.34. The van der Waals surface area contributed by atoms with Crippen molar-refractivity contribution in [3.8, 4) is 11.5 Å². The lowest BCUT2D eigenvalue weighted by Crippen LogP contribution is -2.51. The van der Waals surface area contributed by atoms with Crippen molar-refractivity contribution in [1.29, 1.82) is 0 Å². The van der Waals surface area contributed by atoms with Crippen LogP contribution in [0.5, 0.6) is 11.5 Å². The molecule has 29 heavy (non-hydrogen) atoms. The third-order valence-corrected chi connectivity index (χ3v) is 6.19. The van der Waals surface area contributed by atoms with E-state index in [0.29, 0.717) is 6.10 Å². The number of rotatable bonds is 9. The van der Waals surface area contributed by atoms with Gasteiger partial charge in [0.25, 0.3) is 0 Å². The van der Waals surface area contributed by atoms with Crippen LogP contribution in [-0.4, -0.2) is 37.2 Å². The summed E-state index contributed by atoms with van der Waals surface area (Å²) in [5.74, 6) is 2.63. The van der Waals surface area contributed by atoms with Crippen molar-refractivity contribution in [2.24, 2.45) is 5.92 Å². The summed E-state index contributed by atoms with van der Waals surface area (Å²) in [4.78, 5) is 2.57. The van der Waals surface area contributed by atoms with Crippen molar-refractivity contribution in [2.75, 3.05) is 26.2 Å². The van der Waals surface area contributed by atoms with E-state index < -0.39 is 0 Å². The van der Waals surface area contributed by atoms with Gasteiger partial charge in [0.1, 0.15) is 11.5 Å². The molecule has 158 valence electrons. The van der Waals surface area contributed by atoms with E-state index >= 15 is 0 Å². The fourth-order valence-corrected chi connectivity index (χ4v) is 4.48. The van der Waals surface area contributed by atoms with E-state index in [-0.39, 0.29) is 12.4 Å². The second-order valence-corrected chi connectivity index (χ2v) is 8.42. The average Bonchev–Trinajstić information content (AvgIpc) is 2.73. The van der Waals surface area contributed by atoms with Gasteiger partial charge >= 0.3 is 0 Å². The normalized spacial score (nSPS) is 22.9. The van der Waals surface area contributed by atoms with Crippen molar-refractivity contribution in [3.63, 3.8) is 0 Å². The fourth-order valence-electron chi connectivity index (χ4n) is 4.48. The molecule has 2 aromatic rings. The third-order valence-electron chi connectivity index (χ3n) is 6.19. The van der Waals surface area contributed by atoms with Crippen molar-refractivity contribution in [2.45, 2.75) is 51.6 Å². The molecule has 0 saturated carbocycles. The Kier molecular flexibility index (Phi) is 8.40. The van der Waals surface area contributed by atoms with Crippen LogP contribution in [0.3, 0.4) is 0 Å². The summed E-state index contributed by atoms with van der Waals surface area (Å²) in [5, 5.41) is 0. The third kappa shape index (κ3) is 6.47. The number of unbranched alkanes of at least 4 members (excludes halogenated alkanes) is 2. The van der Waals surface area contributed by atoms with Gasteiger partial charge in [-0.25, -0.2) is 0 Å². The predicted octanol–water partition coefficient (Wildman–Crippen LogP) is 6.03. The van der Waals surface area contributed by atoms with Gasteiger partial charge < -0.3 is 14.4 Å². The average molecular weight is 416 g/mol. The second kappa shape index (κ2) is 11.0. The van der Waals surface area contributed by atoms with Gasteiger partial charge in [0.05, 0.1) is 6.10 Å². The quantitative estimate of drug-likeness (QED) is 0.466. The molecule has 0 amide bonds. The lowest BCUT2D eigenvalue weighted by molar-refractivity contribution is -0.0701. The summed E-state index contributed by atoms with van der Waals surface area (Å²) in [5.41, 5.74) is 2.60. The topological polar surface area (TPSA) is 21.7 Å². The number of nitrogens with zero attached hydrogens (tertiary/aromatic N) is 1. The van der Waals surface area contributed by atoms with Crippen molar-refractivity contribution < 1.29 is 9.47 Å². The molecule has 3 heterocycles. The largest absolute Gasteiger partial charge is 0.457 e. The van der Waals surface area contributed by atoms with Gasteiger partial charge in [0.15, 0.2) is 0 Å². The molecule has 0 radical (unpaired) electrons.